The van der Waals surface area contributed by atoms with E-state index in [4.69, 9.17) is 22.1 Å². The Bertz CT molecular complexity index is 1210. The minimum atomic E-state index is -0.513. The second kappa shape index (κ2) is 10.6. The summed E-state index contributed by atoms with van der Waals surface area (Å²) >= 11 is 7.87. The number of halogens is 1. The molecular formula is C29H32ClNO4S. The SMILES string of the molecule is CCCCSc1cc(C(=O)OC2CCC3CC(Cl)CCC3C2)c(N)c2c1C(=O)c1ccccc1C2=O. The molecule has 0 bridgehead atoms. The van der Waals surface area contributed by atoms with Crippen LogP contribution < -0.4 is 5.73 Å². The predicted octanol–water partition coefficient (Wildman–Crippen LogP) is 6.67. The molecule has 5 nitrogen and oxygen atoms in total. The van der Waals surface area contributed by atoms with Gasteiger partial charge in [-0.3, -0.25) is 9.59 Å². The number of thioether (sulfide) groups is 1. The van der Waals surface area contributed by atoms with Crippen molar-refractivity contribution in [2.24, 2.45) is 11.8 Å². The third-order valence-corrected chi connectivity index (χ3v) is 9.47. The molecule has 190 valence electrons. The predicted molar refractivity (Wildman–Crippen MR) is 143 cm³/mol. The van der Waals surface area contributed by atoms with Gasteiger partial charge in [0, 0.05) is 27.0 Å². The maximum atomic E-state index is 13.5. The monoisotopic (exact) mass is 525 g/mol. The quantitative estimate of drug-likeness (QED) is 0.127. The zero-order valence-corrected chi connectivity index (χ0v) is 22.1. The standard InChI is InChI=1S/C29H32ClNO4S/c1-2-3-12-36-23-15-22(29(34)35-19-11-9-16-13-18(30)10-8-17(16)14-19)26(31)25-24(23)27(32)20-6-4-5-7-21(20)28(25)33/h4-7,15-19H,2-3,8-14,31H2,1H3. The average Bonchev–Trinajstić information content (AvgIpc) is 2.88. The number of hydrogen-bond acceptors (Lipinski definition) is 6. The number of anilines is 1. The van der Waals surface area contributed by atoms with Crippen molar-refractivity contribution in [2.45, 2.75) is 74.7 Å². The zero-order valence-electron chi connectivity index (χ0n) is 20.6. The summed E-state index contributed by atoms with van der Waals surface area (Å²) in [4.78, 5) is 41.0. The molecule has 0 spiro atoms. The van der Waals surface area contributed by atoms with Crippen LogP contribution in [-0.4, -0.2) is 34.8 Å². The van der Waals surface area contributed by atoms with E-state index in [0.29, 0.717) is 33.4 Å². The normalized spacial score (nSPS) is 25.1. The molecule has 7 heteroatoms. The maximum absolute atomic E-state index is 13.5. The van der Waals surface area contributed by atoms with Gasteiger partial charge in [-0.2, -0.15) is 0 Å². The molecule has 3 aliphatic rings. The molecule has 5 rings (SSSR count). The van der Waals surface area contributed by atoms with Crippen molar-refractivity contribution in [3.05, 3.63) is 58.1 Å². The number of ketones is 2. The van der Waals surface area contributed by atoms with Crippen LogP contribution in [0, 0.1) is 11.8 Å². The number of nitrogens with two attached hydrogens (primary N) is 1. The Morgan fingerprint density at radius 1 is 1.03 bits per heavy atom. The fourth-order valence-corrected chi connectivity index (χ4v) is 7.55. The van der Waals surface area contributed by atoms with Gasteiger partial charge in [-0.1, -0.05) is 37.6 Å². The number of alkyl halides is 1. The first-order valence-corrected chi connectivity index (χ1v) is 14.4. The Morgan fingerprint density at radius 3 is 2.42 bits per heavy atom. The van der Waals surface area contributed by atoms with E-state index >= 15 is 0 Å². The van der Waals surface area contributed by atoms with Crippen LogP contribution in [0.25, 0.3) is 0 Å². The molecule has 0 amide bonds. The van der Waals surface area contributed by atoms with E-state index in [2.05, 4.69) is 6.92 Å². The summed E-state index contributed by atoms with van der Waals surface area (Å²) < 4.78 is 5.98. The maximum Gasteiger partial charge on any atom is 0.340 e. The Hall–Kier alpha value is -2.31. The van der Waals surface area contributed by atoms with Crippen LogP contribution in [0.15, 0.2) is 35.2 Å². The highest BCUT2D eigenvalue weighted by Gasteiger charge is 2.38. The number of benzene rings is 2. The Balaban J connectivity index is 1.46. The molecule has 2 aromatic carbocycles. The molecule has 0 aliphatic heterocycles. The summed E-state index contributed by atoms with van der Waals surface area (Å²) in [5.74, 6) is 0.861. The summed E-state index contributed by atoms with van der Waals surface area (Å²) in [6.45, 7) is 2.10. The molecule has 2 saturated carbocycles. The van der Waals surface area contributed by atoms with Crippen LogP contribution in [0.5, 0.6) is 0 Å². The Labute approximate surface area is 221 Å². The highest BCUT2D eigenvalue weighted by Crippen LogP contribution is 2.44. The van der Waals surface area contributed by atoms with Gasteiger partial charge in [0.2, 0.25) is 0 Å². The Morgan fingerprint density at radius 2 is 1.69 bits per heavy atom. The Kier molecular flexibility index (Phi) is 7.45. The summed E-state index contributed by atoms with van der Waals surface area (Å²) in [7, 11) is 0. The van der Waals surface area contributed by atoms with E-state index in [0.717, 1.165) is 57.1 Å². The fraction of sp³-hybridized carbons (Fsp3) is 0.483. The van der Waals surface area contributed by atoms with E-state index in [-0.39, 0.29) is 39.9 Å². The van der Waals surface area contributed by atoms with Crippen LogP contribution >= 0.6 is 23.4 Å². The lowest BCUT2D eigenvalue weighted by Crippen LogP contribution is -2.35. The lowest BCUT2D eigenvalue weighted by molar-refractivity contribution is -0.000579. The molecule has 0 radical (unpaired) electrons. The van der Waals surface area contributed by atoms with Gasteiger partial charge in [0.25, 0.3) is 0 Å². The number of rotatable bonds is 6. The topological polar surface area (TPSA) is 86.5 Å². The number of ether oxygens (including phenoxy) is 1. The third kappa shape index (κ3) is 4.70. The molecule has 2 fully saturated rings. The second-order valence-corrected chi connectivity index (χ2v) is 12.0. The van der Waals surface area contributed by atoms with Gasteiger partial charge in [-0.25, -0.2) is 4.79 Å². The van der Waals surface area contributed by atoms with Gasteiger partial charge in [-0.15, -0.1) is 23.4 Å². The highest BCUT2D eigenvalue weighted by atomic mass is 35.5. The minimum absolute atomic E-state index is 0.0408. The summed E-state index contributed by atoms with van der Waals surface area (Å²) in [6.07, 6.45) is 7.57. The van der Waals surface area contributed by atoms with Gasteiger partial charge in [0.05, 0.1) is 16.8 Å². The number of fused-ring (bicyclic) bond motifs is 3. The van der Waals surface area contributed by atoms with Crippen LogP contribution in [0.4, 0.5) is 5.69 Å². The van der Waals surface area contributed by atoms with E-state index in [1.807, 2.05) is 0 Å². The fourth-order valence-electron chi connectivity index (χ4n) is 6.00. The number of unbranched alkanes of at least 4 members (excludes halogenated alkanes) is 1. The molecule has 0 heterocycles. The number of carbonyl (C=O) groups excluding carboxylic acids is 3. The molecule has 0 aromatic heterocycles. The molecule has 4 atom stereocenters. The van der Waals surface area contributed by atoms with Crippen molar-refractivity contribution in [1.29, 1.82) is 0 Å². The molecule has 2 N–H and O–H groups in total. The highest BCUT2D eigenvalue weighted by molar-refractivity contribution is 7.99. The first-order valence-electron chi connectivity index (χ1n) is 13.0. The van der Waals surface area contributed by atoms with Crippen molar-refractivity contribution in [1.82, 2.24) is 0 Å². The van der Waals surface area contributed by atoms with E-state index in [1.54, 1.807) is 30.3 Å². The van der Waals surface area contributed by atoms with Crippen molar-refractivity contribution < 1.29 is 19.1 Å². The van der Waals surface area contributed by atoms with Crippen LogP contribution in [0.3, 0.4) is 0 Å². The molecule has 3 aliphatic carbocycles. The lowest BCUT2D eigenvalue weighted by Gasteiger charge is -2.40. The number of carbonyl (C=O) groups is 3. The summed E-state index contributed by atoms with van der Waals surface area (Å²) in [5.41, 5.74) is 7.84. The summed E-state index contributed by atoms with van der Waals surface area (Å²) in [6, 6.07) is 8.46. The first kappa shape index (κ1) is 25.3. The van der Waals surface area contributed by atoms with Gasteiger partial charge < -0.3 is 10.5 Å². The van der Waals surface area contributed by atoms with Gasteiger partial charge in [0.1, 0.15) is 6.10 Å². The van der Waals surface area contributed by atoms with Crippen molar-refractivity contribution in [2.75, 3.05) is 11.5 Å². The third-order valence-electron chi connectivity index (χ3n) is 7.95. The molecule has 0 saturated heterocycles. The van der Waals surface area contributed by atoms with Crippen LogP contribution in [0.2, 0.25) is 0 Å². The number of esters is 1. The average molecular weight is 526 g/mol. The molecule has 2 aromatic rings. The largest absolute Gasteiger partial charge is 0.459 e. The molecule has 4 unspecified atom stereocenters. The van der Waals surface area contributed by atoms with Gasteiger partial charge in [-0.05, 0) is 68.6 Å². The lowest BCUT2D eigenvalue weighted by atomic mass is 9.70. The summed E-state index contributed by atoms with van der Waals surface area (Å²) in [5, 5.41) is 0.259. The van der Waals surface area contributed by atoms with Gasteiger partial charge >= 0.3 is 5.97 Å². The van der Waals surface area contributed by atoms with Crippen molar-refractivity contribution in [3.8, 4) is 0 Å². The minimum Gasteiger partial charge on any atom is -0.459 e. The smallest absolute Gasteiger partial charge is 0.340 e. The number of nitrogen functional groups attached to an aromatic ring is 1. The van der Waals surface area contributed by atoms with E-state index in [1.165, 1.54) is 11.8 Å². The first-order chi connectivity index (χ1) is 17.4. The second-order valence-electron chi connectivity index (χ2n) is 10.3. The van der Waals surface area contributed by atoms with Crippen LogP contribution in [0.1, 0.15) is 100 Å². The van der Waals surface area contributed by atoms with E-state index < -0.39 is 5.97 Å². The van der Waals surface area contributed by atoms with Crippen molar-refractivity contribution in [3.63, 3.8) is 0 Å². The molecule has 36 heavy (non-hydrogen) atoms. The number of hydrogen-bond donors (Lipinski definition) is 1. The van der Waals surface area contributed by atoms with Gasteiger partial charge in [0.15, 0.2) is 11.6 Å². The zero-order chi connectivity index (χ0) is 25.4. The van der Waals surface area contributed by atoms with E-state index in [9.17, 15) is 14.4 Å². The molecular weight excluding hydrogens is 494 g/mol. The van der Waals surface area contributed by atoms with Crippen LogP contribution in [-0.2, 0) is 4.74 Å². The van der Waals surface area contributed by atoms with Crippen molar-refractivity contribution >= 4 is 46.6 Å².